The third kappa shape index (κ3) is 3.75. The number of fused-ring (bicyclic) bond motifs is 1. The number of ether oxygens (including phenoxy) is 1. The molecule has 3 aromatic rings. The molecule has 1 aliphatic rings. The van der Waals surface area contributed by atoms with Gasteiger partial charge < -0.3 is 15.0 Å². The SMILES string of the molecule is CC(NC(=O)c1ccc2ncnc(N3CCOCC3)c2c1)c1ccccc1. The predicted octanol–water partition coefficient (Wildman–Crippen LogP) is 2.96. The molecule has 1 unspecified atom stereocenters. The summed E-state index contributed by atoms with van der Waals surface area (Å²) in [5.74, 6) is 0.749. The molecule has 1 aliphatic heterocycles. The first-order valence-corrected chi connectivity index (χ1v) is 9.15. The number of amides is 1. The lowest BCUT2D eigenvalue weighted by Crippen LogP contribution is -2.37. The maximum absolute atomic E-state index is 12.8. The number of hydrogen-bond donors (Lipinski definition) is 1. The van der Waals surface area contributed by atoms with Crippen molar-refractivity contribution >= 4 is 22.6 Å². The highest BCUT2D eigenvalue weighted by atomic mass is 16.5. The minimum absolute atomic E-state index is 0.0693. The molecule has 6 heteroatoms. The van der Waals surface area contributed by atoms with Gasteiger partial charge in [-0.05, 0) is 30.7 Å². The van der Waals surface area contributed by atoms with Gasteiger partial charge in [0.05, 0.1) is 24.8 Å². The van der Waals surface area contributed by atoms with Gasteiger partial charge in [-0.1, -0.05) is 30.3 Å². The Bertz CT molecular complexity index is 939. The lowest BCUT2D eigenvalue weighted by atomic mass is 10.1. The van der Waals surface area contributed by atoms with E-state index < -0.39 is 0 Å². The van der Waals surface area contributed by atoms with Gasteiger partial charge in [0, 0.05) is 24.0 Å². The highest BCUT2D eigenvalue weighted by Crippen LogP contribution is 2.25. The molecule has 1 fully saturated rings. The van der Waals surface area contributed by atoms with Crippen molar-refractivity contribution < 1.29 is 9.53 Å². The lowest BCUT2D eigenvalue weighted by Gasteiger charge is -2.28. The summed E-state index contributed by atoms with van der Waals surface area (Å²) >= 11 is 0. The molecule has 4 rings (SSSR count). The van der Waals surface area contributed by atoms with Crippen LogP contribution in [0, 0.1) is 0 Å². The maximum atomic E-state index is 12.8. The molecule has 0 saturated carbocycles. The summed E-state index contributed by atoms with van der Waals surface area (Å²) in [5.41, 5.74) is 2.51. The van der Waals surface area contributed by atoms with Crippen molar-refractivity contribution in [1.82, 2.24) is 15.3 Å². The maximum Gasteiger partial charge on any atom is 0.251 e. The van der Waals surface area contributed by atoms with Crippen LogP contribution < -0.4 is 10.2 Å². The molecule has 1 saturated heterocycles. The molecule has 2 aromatic carbocycles. The zero-order valence-corrected chi connectivity index (χ0v) is 15.3. The minimum atomic E-state index is -0.106. The number of hydrogen-bond acceptors (Lipinski definition) is 5. The fraction of sp³-hybridized carbons (Fsp3) is 0.286. The number of nitrogens with zero attached hydrogens (tertiary/aromatic N) is 3. The molecule has 0 aliphatic carbocycles. The first-order chi connectivity index (χ1) is 13.2. The molecule has 1 aromatic heterocycles. The van der Waals surface area contributed by atoms with Crippen molar-refractivity contribution in [1.29, 1.82) is 0 Å². The van der Waals surface area contributed by atoms with Crippen LogP contribution in [0.1, 0.15) is 28.9 Å². The molecular weight excluding hydrogens is 340 g/mol. The van der Waals surface area contributed by atoms with Crippen LogP contribution in [0.25, 0.3) is 10.9 Å². The Hall–Kier alpha value is -2.99. The lowest BCUT2D eigenvalue weighted by molar-refractivity contribution is 0.0940. The van der Waals surface area contributed by atoms with E-state index >= 15 is 0 Å². The summed E-state index contributed by atoms with van der Waals surface area (Å²) < 4.78 is 5.43. The van der Waals surface area contributed by atoms with Crippen LogP contribution in [-0.2, 0) is 4.74 Å². The molecule has 1 atom stereocenters. The van der Waals surface area contributed by atoms with Crippen molar-refractivity contribution in [3.05, 3.63) is 66.0 Å². The number of carbonyl (C=O) groups is 1. The second-order valence-electron chi connectivity index (χ2n) is 6.63. The average Bonchev–Trinajstić information content (AvgIpc) is 2.74. The Balaban J connectivity index is 1.61. The average molecular weight is 362 g/mol. The summed E-state index contributed by atoms with van der Waals surface area (Å²) in [6.07, 6.45) is 1.57. The summed E-state index contributed by atoms with van der Waals surface area (Å²) in [5, 5.41) is 3.95. The number of benzene rings is 2. The third-order valence-electron chi connectivity index (χ3n) is 4.83. The molecule has 0 bridgehead atoms. The topological polar surface area (TPSA) is 67.4 Å². The Morgan fingerprint density at radius 2 is 1.89 bits per heavy atom. The zero-order chi connectivity index (χ0) is 18.6. The van der Waals surface area contributed by atoms with Crippen LogP contribution >= 0.6 is 0 Å². The van der Waals surface area contributed by atoms with Crippen LogP contribution in [0.2, 0.25) is 0 Å². The van der Waals surface area contributed by atoms with Crippen LogP contribution in [0.15, 0.2) is 54.9 Å². The zero-order valence-electron chi connectivity index (χ0n) is 15.3. The van der Waals surface area contributed by atoms with E-state index in [1.54, 1.807) is 6.33 Å². The van der Waals surface area contributed by atoms with E-state index in [0.717, 1.165) is 35.4 Å². The van der Waals surface area contributed by atoms with Crippen molar-refractivity contribution in [2.24, 2.45) is 0 Å². The Morgan fingerprint density at radius 1 is 1.11 bits per heavy atom. The molecule has 138 valence electrons. The normalized spacial score (nSPS) is 15.5. The van der Waals surface area contributed by atoms with Crippen LogP contribution in [-0.4, -0.2) is 42.2 Å². The number of aromatic nitrogens is 2. The number of carbonyl (C=O) groups excluding carboxylic acids is 1. The fourth-order valence-electron chi connectivity index (χ4n) is 3.32. The highest BCUT2D eigenvalue weighted by Gasteiger charge is 2.18. The minimum Gasteiger partial charge on any atom is -0.378 e. The van der Waals surface area contributed by atoms with Gasteiger partial charge in [0.15, 0.2) is 0 Å². The molecule has 27 heavy (non-hydrogen) atoms. The second-order valence-corrected chi connectivity index (χ2v) is 6.63. The molecular formula is C21H22N4O2. The number of rotatable bonds is 4. The van der Waals surface area contributed by atoms with E-state index in [0.29, 0.717) is 18.8 Å². The summed E-state index contributed by atoms with van der Waals surface area (Å²) in [4.78, 5) is 23.8. The molecule has 6 nitrogen and oxygen atoms in total. The van der Waals surface area contributed by atoms with E-state index in [9.17, 15) is 4.79 Å². The first-order valence-electron chi connectivity index (χ1n) is 9.15. The Morgan fingerprint density at radius 3 is 2.67 bits per heavy atom. The van der Waals surface area contributed by atoms with Gasteiger partial charge in [0.25, 0.3) is 5.91 Å². The molecule has 0 spiro atoms. The Labute approximate surface area is 158 Å². The van der Waals surface area contributed by atoms with Crippen molar-refractivity contribution in [3.8, 4) is 0 Å². The number of morpholine rings is 1. The molecule has 0 radical (unpaired) electrons. The number of nitrogens with one attached hydrogen (secondary N) is 1. The fourth-order valence-corrected chi connectivity index (χ4v) is 3.32. The largest absolute Gasteiger partial charge is 0.378 e. The number of anilines is 1. The van der Waals surface area contributed by atoms with E-state index in [1.165, 1.54) is 0 Å². The van der Waals surface area contributed by atoms with Gasteiger partial charge in [-0.25, -0.2) is 9.97 Å². The van der Waals surface area contributed by atoms with Crippen LogP contribution in [0.3, 0.4) is 0 Å². The quantitative estimate of drug-likeness (QED) is 0.773. The van der Waals surface area contributed by atoms with E-state index in [4.69, 9.17) is 4.74 Å². The Kier molecular flexibility index (Phi) is 4.98. The van der Waals surface area contributed by atoms with Crippen LogP contribution in [0.4, 0.5) is 5.82 Å². The van der Waals surface area contributed by atoms with E-state index in [1.807, 2.05) is 55.5 Å². The molecule has 1 amide bonds. The van der Waals surface area contributed by atoms with Gasteiger partial charge in [-0.3, -0.25) is 4.79 Å². The summed E-state index contributed by atoms with van der Waals surface area (Å²) in [7, 11) is 0. The van der Waals surface area contributed by atoms with Gasteiger partial charge in [0.1, 0.15) is 12.1 Å². The third-order valence-corrected chi connectivity index (χ3v) is 4.83. The predicted molar refractivity (Wildman–Crippen MR) is 105 cm³/mol. The van der Waals surface area contributed by atoms with Crippen molar-refractivity contribution in [3.63, 3.8) is 0 Å². The van der Waals surface area contributed by atoms with E-state index in [-0.39, 0.29) is 11.9 Å². The second kappa shape index (κ2) is 7.72. The van der Waals surface area contributed by atoms with Crippen molar-refractivity contribution in [2.45, 2.75) is 13.0 Å². The standard InChI is InChI=1S/C21H22N4O2/c1-15(16-5-3-2-4-6-16)24-21(26)17-7-8-19-18(13-17)20(23-14-22-19)25-9-11-27-12-10-25/h2-8,13-15H,9-12H2,1H3,(H,24,26). The summed E-state index contributed by atoms with van der Waals surface area (Å²) in [6.45, 7) is 4.91. The van der Waals surface area contributed by atoms with Gasteiger partial charge in [-0.2, -0.15) is 0 Å². The van der Waals surface area contributed by atoms with E-state index in [2.05, 4.69) is 20.2 Å². The first kappa shape index (κ1) is 17.4. The van der Waals surface area contributed by atoms with Gasteiger partial charge >= 0.3 is 0 Å². The van der Waals surface area contributed by atoms with Gasteiger partial charge in [0.2, 0.25) is 0 Å². The monoisotopic (exact) mass is 362 g/mol. The smallest absolute Gasteiger partial charge is 0.251 e. The molecule has 2 heterocycles. The summed E-state index contributed by atoms with van der Waals surface area (Å²) in [6, 6.07) is 15.4. The van der Waals surface area contributed by atoms with Crippen LogP contribution in [0.5, 0.6) is 0 Å². The molecule has 1 N–H and O–H groups in total. The highest BCUT2D eigenvalue weighted by molar-refractivity contribution is 6.00. The van der Waals surface area contributed by atoms with Crippen molar-refractivity contribution in [2.75, 3.05) is 31.2 Å². The van der Waals surface area contributed by atoms with Gasteiger partial charge in [-0.15, -0.1) is 0 Å².